The predicted octanol–water partition coefficient (Wildman–Crippen LogP) is 2.43. The summed E-state index contributed by atoms with van der Waals surface area (Å²) in [6, 6.07) is 6.96. The largest absolute Gasteiger partial charge is 0.474 e. The van der Waals surface area contributed by atoms with Gasteiger partial charge < -0.3 is 9.64 Å². The van der Waals surface area contributed by atoms with E-state index >= 15 is 0 Å². The van der Waals surface area contributed by atoms with Gasteiger partial charge in [0.15, 0.2) is 0 Å². The van der Waals surface area contributed by atoms with Gasteiger partial charge in [-0.05, 0) is 12.1 Å². The highest BCUT2D eigenvalue weighted by Gasteiger charge is 2.21. The molecule has 0 radical (unpaired) electrons. The minimum atomic E-state index is -0.468. The van der Waals surface area contributed by atoms with Crippen molar-refractivity contribution in [2.24, 2.45) is 0 Å². The average molecular weight is 300 g/mol. The molecule has 0 saturated carbocycles. The highest BCUT2D eigenvalue weighted by atomic mass is 16.6. The number of nitrogens with zero attached hydrogens (tertiary/aromatic N) is 4. The summed E-state index contributed by atoms with van der Waals surface area (Å²) < 4.78 is 5.80. The van der Waals surface area contributed by atoms with Crippen molar-refractivity contribution in [1.82, 2.24) is 9.97 Å². The number of ether oxygens (including phenoxy) is 1. The molecule has 1 saturated heterocycles. The Morgan fingerprint density at radius 1 is 1.18 bits per heavy atom. The first-order chi connectivity index (χ1) is 10.7. The summed E-state index contributed by atoms with van der Waals surface area (Å²) >= 11 is 0. The van der Waals surface area contributed by atoms with E-state index in [0.29, 0.717) is 5.88 Å². The normalized spacial score (nSPS) is 15.5. The maximum absolute atomic E-state index is 10.6. The van der Waals surface area contributed by atoms with E-state index in [4.69, 9.17) is 4.74 Å². The van der Waals surface area contributed by atoms with Crippen LogP contribution in [0.5, 0.6) is 5.88 Å². The van der Waals surface area contributed by atoms with Crippen LogP contribution in [0.15, 0.2) is 42.9 Å². The van der Waals surface area contributed by atoms with E-state index < -0.39 is 4.92 Å². The standard InChI is InChI=1S/C15H16N4O3/c20-19(21)13-1-2-15(17-11-13)22-14-5-9-18(10-6-14)12-3-7-16-8-4-12/h1-4,7-8,11,14H,5-6,9-10H2. The molecule has 22 heavy (non-hydrogen) atoms. The maximum Gasteiger partial charge on any atom is 0.287 e. The van der Waals surface area contributed by atoms with Gasteiger partial charge in [-0.3, -0.25) is 15.1 Å². The van der Waals surface area contributed by atoms with Crippen molar-refractivity contribution >= 4 is 11.4 Å². The van der Waals surface area contributed by atoms with Gasteiger partial charge in [0.05, 0.1) is 4.92 Å². The number of anilines is 1. The Kier molecular flexibility index (Phi) is 4.13. The third-order valence-electron chi connectivity index (χ3n) is 3.69. The van der Waals surface area contributed by atoms with E-state index in [1.165, 1.54) is 18.0 Å². The first-order valence-electron chi connectivity index (χ1n) is 7.14. The van der Waals surface area contributed by atoms with Crippen LogP contribution in [0.3, 0.4) is 0 Å². The zero-order valence-electron chi connectivity index (χ0n) is 12.0. The van der Waals surface area contributed by atoms with Crippen molar-refractivity contribution in [1.29, 1.82) is 0 Å². The summed E-state index contributed by atoms with van der Waals surface area (Å²) in [6.07, 6.45) is 6.67. The van der Waals surface area contributed by atoms with Gasteiger partial charge in [-0.15, -0.1) is 0 Å². The summed E-state index contributed by atoms with van der Waals surface area (Å²) in [5, 5.41) is 10.6. The van der Waals surface area contributed by atoms with E-state index in [-0.39, 0.29) is 11.8 Å². The van der Waals surface area contributed by atoms with Gasteiger partial charge in [0.25, 0.3) is 5.69 Å². The van der Waals surface area contributed by atoms with Gasteiger partial charge in [0, 0.05) is 56.1 Å². The van der Waals surface area contributed by atoms with Crippen molar-refractivity contribution < 1.29 is 9.66 Å². The molecule has 3 heterocycles. The number of rotatable bonds is 4. The minimum absolute atomic E-state index is 0.0279. The molecule has 0 bridgehead atoms. The Hall–Kier alpha value is -2.70. The molecule has 2 aromatic rings. The van der Waals surface area contributed by atoms with E-state index in [9.17, 15) is 10.1 Å². The van der Waals surface area contributed by atoms with Gasteiger partial charge in [-0.25, -0.2) is 4.98 Å². The van der Waals surface area contributed by atoms with Crippen LogP contribution >= 0.6 is 0 Å². The van der Waals surface area contributed by atoms with Crippen LogP contribution < -0.4 is 9.64 Å². The monoisotopic (exact) mass is 300 g/mol. The molecular formula is C15H16N4O3. The molecule has 0 amide bonds. The molecule has 1 fully saturated rings. The van der Waals surface area contributed by atoms with Crippen molar-refractivity contribution in [2.45, 2.75) is 18.9 Å². The Morgan fingerprint density at radius 3 is 2.50 bits per heavy atom. The van der Waals surface area contributed by atoms with Crippen LogP contribution in [0.1, 0.15) is 12.8 Å². The average Bonchev–Trinajstić information content (AvgIpc) is 2.57. The summed E-state index contributed by atoms with van der Waals surface area (Å²) in [7, 11) is 0. The molecule has 114 valence electrons. The number of aromatic nitrogens is 2. The molecule has 1 aliphatic rings. The quantitative estimate of drug-likeness (QED) is 0.637. The molecule has 2 aromatic heterocycles. The fourth-order valence-corrected chi connectivity index (χ4v) is 2.51. The second kappa shape index (κ2) is 6.38. The molecule has 0 unspecified atom stereocenters. The number of piperidine rings is 1. The lowest BCUT2D eigenvalue weighted by atomic mass is 10.1. The van der Waals surface area contributed by atoms with Gasteiger partial charge in [0.2, 0.25) is 5.88 Å². The fourth-order valence-electron chi connectivity index (χ4n) is 2.51. The Balaban J connectivity index is 1.54. The smallest absolute Gasteiger partial charge is 0.287 e. The highest BCUT2D eigenvalue weighted by Crippen LogP contribution is 2.22. The zero-order valence-corrected chi connectivity index (χ0v) is 12.0. The lowest BCUT2D eigenvalue weighted by Gasteiger charge is -2.33. The number of pyridine rings is 2. The second-order valence-corrected chi connectivity index (χ2v) is 5.12. The SMILES string of the molecule is O=[N+]([O-])c1ccc(OC2CCN(c3ccncc3)CC2)nc1. The third-order valence-corrected chi connectivity index (χ3v) is 3.69. The van der Waals surface area contributed by atoms with E-state index in [1.807, 2.05) is 12.1 Å². The minimum Gasteiger partial charge on any atom is -0.474 e. The summed E-state index contributed by atoms with van der Waals surface area (Å²) in [5.41, 5.74) is 1.14. The molecule has 0 aliphatic carbocycles. The fraction of sp³-hybridized carbons (Fsp3) is 0.333. The molecule has 3 rings (SSSR count). The maximum atomic E-state index is 10.6. The van der Waals surface area contributed by atoms with Crippen LogP contribution in [0.25, 0.3) is 0 Å². The van der Waals surface area contributed by atoms with Crippen molar-refractivity contribution in [2.75, 3.05) is 18.0 Å². The first-order valence-corrected chi connectivity index (χ1v) is 7.14. The van der Waals surface area contributed by atoms with Crippen LogP contribution in [0.4, 0.5) is 11.4 Å². The Bertz CT molecular complexity index is 625. The van der Waals surface area contributed by atoms with Crippen LogP contribution in [-0.4, -0.2) is 34.1 Å². The first kappa shape index (κ1) is 14.2. The number of nitro groups is 1. The molecule has 7 heteroatoms. The summed E-state index contributed by atoms with van der Waals surface area (Å²) in [4.78, 5) is 20.4. The number of hydrogen-bond acceptors (Lipinski definition) is 6. The van der Waals surface area contributed by atoms with Crippen molar-refractivity contribution in [3.63, 3.8) is 0 Å². The van der Waals surface area contributed by atoms with E-state index in [0.717, 1.165) is 25.9 Å². The molecule has 0 spiro atoms. The highest BCUT2D eigenvalue weighted by molar-refractivity contribution is 5.44. The van der Waals surface area contributed by atoms with Crippen molar-refractivity contribution in [3.8, 4) is 5.88 Å². The zero-order chi connectivity index (χ0) is 15.4. The van der Waals surface area contributed by atoms with Gasteiger partial charge in [0.1, 0.15) is 12.3 Å². The van der Waals surface area contributed by atoms with E-state index in [2.05, 4.69) is 14.9 Å². The van der Waals surface area contributed by atoms with Crippen molar-refractivity contribution in [3.05, 3.63) is 53.0 Å². The van der Waals surface area contributed by atoms with Crippen LogP contribution in [-0.2, 0) is 0 Å². The Labute approximate surface area is 127 Å². The van der Waals surface area contributed by atoms with Gasteiger partial charge in [-0.2, -0.15) is 0 Å². The molecule has 7 nitrogen and oxygen atoms in total. The van der Waals surface area contributed by atoms with Crippen LogP contribution in [0.2, 0.25) is 0 Å². The lowest BCUT2D eigenvalue weighted by Crippen LogP contribution is -2.38. The molecule has 0 atom stereocenters. The molecule has 0 N–H and O–H groups in total. The predicted molar refractivity (Wildman–Crippen MR) is 81.0 cm³/mol. The molecule has 1 aliphatic heterocycles. The Morgan fingerprint density at radius 2 is 1.91 bits per heavy atom. The topological polar surface area (TPSA) is 81.4 Å². The molecule has 0 aromatic carbocycles. The van der Waals surface area contributed by atoms with Crippen LogP contribution in [0, 0.1) is 10.1 Å². The van der Waals surface area contributed by atoms with E-state index in [1.54, 1.807) is 18.5 Å². The lowest BCUT2D eigenvalue weighted by molar-refractivity contribution is -0.385. The second-order valence-electron chi connectivity index (χ2n) is 5.12. The molecular weight excluding hydrogens is 284 g/mol. The number of hydrogen-bond donors (Lipinski definition) is 0. The summed E-state index contributed by atoms with van der Waals surface area (Å²) in [5.74, 6) is 0.438. The van der Waals surface area contributed by atoms with Gasteiger partial charge in [-0.1, -0.05) is 0 Å². The van der Waals surface area contributed by atoms with Gasteiger partial charge >= 0.3 is 0 Å². The summed E-state index contributed by atoms with van der Waals surface area (Å²) in [6.45, 7) is 1.81. The third kappa shape index (κ3) is 3.30.